The second-order valence-corrected chi connectivity index (χ2v) is 5.26. The van der Waals surface area contributed by atoms with E-state index in [1.165, 1.54) is 19.3 Å². The number of carbonyl (C=O) groups excluding carboxylic acids is 1. The highest BCUT2D eigenvalue weighted by Crippen LogP contribution is 2.25. The van der Waals surface area contributed by atoms with Crippen molar-refractivity contribution < 1.29 is 9.53 Å². The molecule has 0 aliphatic carbocycles. The fourth-order valence-electron chi connectivity index (χ4n) is 2.31. The van der Waals surface area contributed by atoms with E-state index < -0.39 is 6.09 Å². The first-order chi connectivity index (χ1) is 10.8. The van der Waals surface area contributed by atoms with Gasteiger partial charge in [-0.1, -0.05) is 68.7 Å². The molecule has 116 valence electrons. The van der Waals surface area contributed by atoms with Crippen LogP contribution in [0.2, 0.25) is 0 Å². The summed E-state index contributed by atoms with van der Waals surface area (Å²) in [5.41, 5.74) is 0. The Bertz CT molecular complexity index is 629. The van der Waals surface area contributed by atoms with Gasteiger partial charge in [-0.05, 0) is 24.3 Å². The van der Waals surface area contributed by atoms with Gasteiger partial charge in [0, 0.05) is 11.6 Å². The number of carbonyl (C=O) groups is 1. The summed E-state index contributed by atoms with van der Waals surface area (Å²) in [4.78, 5) is 11.8. The number of nitrogens with one attached hydrogen (secondary N) is 1. The molecule has 0 aromatic heterocycles. The molecule has 0 saturated heterocycles. The van der Waals surface area contributed by atoms with Gasteiger partial charge in [0.25, 0.3) is 0 Å². The third-order valence-corrected chi connectivity index (χ3v) is 3.50. The molecule has 2 aromatic rings. The van der Waals surface area contributed by atoms with Crippen LogP contribution in [0, 0.1) is 0 Å². The average Bonchev–Trinajstić information content (AvgIpc) is 2.54. The number of hydrogen-bond donors (Lipinski definition) is 1. The van der Waals surface area contributed by atoms with Gasteiger partial charge in [-0.15, -0.1) is 0 Å². The van der Waals surface area contributed by atoms with Crippen molar-refractivity contribution in [3.8, 4) is 5.75 Å². The van der Waals surface area contributed by atoms with Gasteiger partial charge in [0.1, 0.15) is 5.75 Å². The number of allylic oxidation sites excluding steroid dienone is 1. The molecule has 1 N–H and O–H groups in total. The molecule has 0 saturated carbocycles. The average molecular weight is 297 g/mol. The van der Waals surface area contributed by atoms with Crippen LogP contribution in [0.15, 0.2) is 54.7 Å². The number of hydrogen-bond acceptors (Lipinski definition) is 2. The van der Waals surface area contributed by atoms with Gasteiger partial charge in [-0.25, -0.2) is 4.79 Å². The highest BCUT2D eigenvalue weighted by molar-refractivity contribution is 5.90. The van der Waals surface area contributed by atoms with E-state index in [0.29, 0.717) is 5.75 Å². The molecule has 3 heteroatoms. The van der Waals surface area contributed by atoms with E-state index in [0.717, 1.165) is 23.6 Å². The summed E-state index contributed by atoms with van der Waals surface area (Å²) in [7, 11) is 0. The minimum atomic E-state index is -0.457. The van der Waals surface area contributed by atoms with Crippen molar-refractivity contribution in [1.29, 1.82) is 0 Å². The van der Waals surface area contributed by atoms with E-state index in [1.54, 1.807) is 12.3 Å². The van der Waals surface area contributed by atoms with E-state index in [4.69, 9.17) is 4.74 Å². The number of unbranched alkanes of at least 4 members (excludes halogenated alkanes) is 4. The molecule has 2 aromatic carbocycles. The van der Waals surface area contributed by atoms with Gasteiger partial charge >= 0.3 is 6.09 Å². The first-order valence-corrected chi connectivity index (χ1v) is 7.92. The van der Waals surface area contributed by atoms with Crippen LogP contribution in [0.5, 0.6) is 5.75 Å². The Balaban J connectivity index is 1.82. The molecule has 0 aliphatic rings. The standard InChI is InChI=1S/C19H23NO2/c1-2-3-4-5-6-9-15-20-19(21)22-18-14-10-12-16-11-7-8-13-17(16)18/h7-15H,2-6H2,1H3,(H,20,21). The molecule has 0 radical (unpaired) electrons. The first-order valence-electron chi connectivity index (χ1n) is 7.92. The Hall–Kier alpha value is -2.29. The maximum absolute atomic E-state index is 11.8. The van der Waals surface area contributed by atoms with Crippen molar-refractivity contribution in [2.24, 2.45) is 0 Å². The van der Waals surface area contributed by atoms with Crippen LogP contribution >= 0.6 is 0 Å². The number of benzene rings is 2. The van der Waals surface area contributed by atoms with Crippen molar-refractivity contribution in [1.82, 2.24) is 5.32 Å². The van der Waals surface area contributed by atoms with Crippen LogP contribution in [-0.4, -0.2) is 6.09 Å². The van der Waals surface area contributed by atoms with Gasteiger partial charge in [0.05, 0.1) is 0 Å². The van der Waals surface area contributed by atoms with Crippen LogP contribution in [0.3, 0.4) is 0 Å². The summed E-state index contributed by atoms with van der Waals surface area (Å²) in [5, 5.41) is 4.63. The minimum Gasteiger partial charge on any atom is -0.409 e. The van der Waals surface area contributed by atoms with Gasteiger partial charge in [-0.3, -0.25) is 5.32 Å². The van der Waals surface area contributed by atoms with Crippen LogP contribution in [0.25, 0.3) is 10.8 Å². The van der Waals surface area contributed by atoms with E-state index >= 15 is 0 Å². The fraction of sp³-hybridized carbons (Fsp3) is 0.316. The molecule has 1 amide bonds. The molecule has 0 heterocycles. The Morgan fingerprint density at radius 2 is 1.91 bits per heavy atom. The van der Waals surface area contributed by atoms with Crippen LogP contribution in [0.4, 0.5) is 4.79 Å². The molecular weight excluding hydrogens is 274 g/mol. The van der Waals surface area contributed by atoms with Gasteiger partial charge in [0.15, 0.2) is 0 Å². The fourth-order valence-corrected chi connectivity index (χ4v) is 2.31. The molecule has 0 unspecified atom stereocenters. The van der Waals surface area contributed by atoms with E-state index in [9.17, 15) is 4.79 Å². The number of amides is 1. The predicted molar refractivity (Wildman–Crippen MR) is 91.0 cm³/mol. The summed E-state index contributed by atoms with van der Waals surface area (Å²) in [6.07, 6.45) is 9.06. The lowest BCUT2D eigenvalue weighted by molar-refractivity contribution is 0.205. The molecule has 0 aliphatic heterocycles. The van der Waals surface area contributed by atoms with Crippen molar-refractivity contribution >= 4 is 16.9 Å². The molecule has 3 nitrogen and oxygen atoms in total. The van der Waals surface area contributed by atoms with Gasteiger partial charge in [0.2, 0.25) is 0 Å². The predicted octanol–water partition coefficient (Wildman–Crippen LogP) is 5.41. The van der Waals surface area contributed by atoms with E-state index in [1.807, 2.05) is 42.5 Å². The van der Waals surface area contributed by atoms with Gasteiger partial charge < -0.3 is 4.74 Å². The number of fused-ring (bicyclic) bond motifs is 1. The lowest BCUT2D eigenvalue weighted by Crippen LogP contribution is -2.21. The maximum Gasteiger partial charge on any atom is 0.416 e. The van der Waals surface area contributed by atoms with Crippen molar-refractivity contribution in [3.63, 3.8) is 0 Å². The topological polar surface area (TPSA) is 38.3 Å². The smallest absolute Gasteiger partial charge is 0.409 e. The normalized spacial score (nSPS) is 11.0. The van der Waals surface area contributed by atoms with Crippen LogP contribution < -0.4 is 10.1 Å². The largest absolute Gasteiger partial charge is 0.416 e. The van der Waals surface area contributed by atoms with Crippen LogP contribution in [0.1, 0.15) is 39.0 Å². The van der Waals surface area contributed by atoms with Gasteiger partial charge in [-0.2, -0.15) is 0 Å². The minimum absolute atomic E-state index is 0.457. The number of rotatable bonds is 7. The van der Waals surface area contributed by atoms with E-state index in [2.05, 4.69) is 12.2 Å². The summed E-state index contributed by atoms with van der Waals surface area (Å²) < 4.78 is 5.37. The Morgan fingerprint density at radius 1 is 1.09 bits per heavy atom. The molecule has 22 heavy (non-hydrogen) atoms. The van der Waals surface area contributed by atoms with Crippen molar-refractivity contribution in [3.05, 3.63) is 54.7 Å². The Morgan fingerprint density at radius 3 is 2.77 bits per heavy atom. The summed E-state index contributed by atoms with van der Waals surface area (Å²) in [6, 6.07) is 13.5. The molecule has 0 fully saturated rings. The summed E-state index contributed by atoms with van der Waals surface area (Å²) >= 11 is 0. The lowest BCUT2D eigenvalue weighted by atomic mass is 10.1. The number of ether oxygens (including phenoxy) is 1. The highest BCUT2D eigenvalue weighted by Gasteiger charge is 2.05. The third kappa shape index (κ3) is 4.92. The summed E-state index contributed by atoms with van der Waals surface area (Å²) in [6.45, 7) is 2.20. The first kappa shape index (κ1) is 16.1. The monoisotopic (exact) mass is 297 g/mol. The highest BCUT2D eigenvalue weighted by atomic mass is 16.6. The molecule has 2 rings (SSSR count). The van der Waals surface area contributed by atoms with Crippen molar-refractivity contribution in [2.45, 2.75) is 39.0 Å². The molecule has 0 atom stereocenters. The van der Waals surface area contributed by atoms with Crippen molar-refractivity contribution in [2.75, 3.05) is 0 Å². The SMILES string of the molecule is CCCCCCC=CNC(=O)Oc1cccc2ccccc12. The third-order valence-electron chi connectivity index (χ3n) is 3.50. The zero-order valence-electron chi connectivity index (χ0n) is 13.0. The maximum atomic E-state index is 11.8. The molecule has 0 spiro atoms. The second-order valence-electron chi connectivity index (χ2n) is 5.26. The molecular formula is C19H23NO2. The zero-order chi connectivity index (χ0) is 15.6. The molecule has 0 bridgehead atoms. The van der Waals surface area contributed by atoms with E-state index in [-0.39, 0.29) is 0 Å². The Labute approximate surface area is 132 Å². The quantitative estimate of drug-likeness (QED) is 0.694. The second kappa shape index (κ2) is 8.88. The lowest BCUT2D eigenvalue weighted by Gasteiger charge is -2.07. The Kier molecular flexibility index (Phi) is 6.49. The summed E-state index contributed by atoms with van der Waals surface area (Å²) in [5.74, 6) is 0.576. The zero-order valence-corrected chi connectivity index (χ0v) is 13.0. The van der Waals surface area contributed by atoms with Crippen LogP contribution in [-0.2, 0) is 0 Å².